The van der Waals surface area contributed by atoms with Gasteiger partial charge in [0.1, 0.15) is 0 Å². The Hall–Kier alpha value is -1.39. The van der Waals surface area contributed by atoms with Crippen LogP contribution in [0, 0.1) is 0 Å². The molecular weight excluding hydrogens is 256 g/mol. The summed E-state index contributed by atoms with van der Waals surface area (Å²) in [6.07, 6.45) is -0.0882. The van der Waals surface area contributed by atoms with E-state index >= 15 is 0 Å². The van der Waals surface area contributed by atoms with Crippen LogP contribution < -0.4 is 5.73 Å². The summed E-state index contributed by atoms with van der Waals surface area (Å²) in [6.45, 7) is 6.41. The van der Waals surface area contributed by atoms with Crippen LogP contribution >= 0.6 is 11.3 Å². The minimum atomic E-state index is -0.597. The van der Waals surface area contributed by atoms with Gasteiger partial charge in [0.15, 0.2) is 0 Å². The van der Waals surface area contributed by atoms with E-state index in [1.807, 2.05) is 18.2 Å². The summed E-state index contributed by atoms with van der Waals surface area (Å²) in [5, 5.41) is 13.3. The molecule has 0 radical (unpaired) electrons. The van der Waals surface area contributed by atoms with E-state index in [4.69, 9.17) is 5.73 Å². The van der Waals surface area contributed by atoms with Gasteiger partial charge in [0.05, 0.1) is 16.8 Å². The number of hydrogen-bond acceptors (Lipinski definition) is 4. The van der Waals surface area contributed by atoms with Gasteiger partial charge in [-0.2, -0.15) is 0 Å². The Morgan fingerprint density at radius 2 is 2.00 bits per heavy atom. The van der Waals surface area contributed by atoms with Gasteiger partial charge in [0, 0.05) is 28.5 Å². The average Bonchev–Trinajstić information content (AvgIpc) is 2.77. The fourth-order valence-electron chi connectivity index (χ4n) is 1.84. The fourth-order valence-corrected chi connectivity index (χ4v) is 2.90. The summed E-state index contributed by atoms with van der Waals surface area (Å²) in [6, 6.07) is 7.42. The van der Waals surface area contributed by atoms with Gasteiger partial charge in [0.25, 0.3) is 0 Å². The van der Waals surface area contributed by atoms with E-state index < -0.39 is 6.10 Å². The third-order valence-corrected chi connectivity index (χ3v) is 3.91. The maximum Gasteiger partial charge on any atom is 0.0957 e. The van der Waals surface area contributed by atoms with Crippen LogP contribution in [0.1, 0.15) is 43.1 Å². The first-order valence-electron chi connectivity index (χ1n) is 6.35. The highest BCUT2D eigenvalue weighted by molar-refractivity contribution is 7.09. The summed E-state index contributed by atoms with van der Waals surface area (Å²) >= 11 is 1.59. The molecule has 2 aromatic rings. The summed E-state index contributed by atoms with van der Waals surface area (Å²) in [7, 11) is 0. The van der Waals surface area contributed by atoms with Crippen molar-refractivity contribution in [2.45, 2.75) is 38.7 Å². The van der Waals surface area contributed by atoms with Crippen molar-refractivity contribution in [1.29, 1.82) is 0 Å². The number of thiazole rings is 1. The number of aromatic nitrogens is 1. The molecule has 0 aliphatic heterocycles. The maximum absolute atomic E-state index is 10.3. The SMILES string of the molecule is CC(C)(C)c1csc(CC(O)c2ccccc2N)n1. The number of para-hydroxylation sites is 1. The van der Waals surface area contributed by atoms with Crippen molar-refractivity contribution in [3.8, 4) is 0 Å². The Morgan fingerprint density at radius 3 is 2.58 bits per heavy atom. The van der Waals surface area contributed by atoms with Crippen molar-refractivity contribution in [2.75, 3.05) is 5.73 Å². The highest BCUT2D eigenvalue weighted by Gasteiger charge is 2.19. The lowest BCUT2D eigenvalue weighted by Crippen LogP contribution is -2.12. The van der Waals surface area contributed by atoms with Crippen LogP contribution in [0.15, 0.2) is 29.6 Å². The lowest BCUT2D eigenvalue weighted by molar-refractivity contribution is 0.179. The first kappa shape index (κ1) is 14.0. The second-order valence-corrected chi connectivity index (χ2v) is 6.67. The number of rotatable bonds is 3. The minimum Gasteiger partial charge on any atom is -0.398 e. The normalized spacial score (nSPS) is 13.5. The first-order valence-corrected chi connectivity index (χ1v) is 7.23. The van der Waals surface area contributed by atoms with Gasteiger partial charge in [-0.25, -0.2) is 4.98 Å². The molecule has 1 atom stereocenters. The fraction of sp³-hybridized carbons (Fsp3) is 0.400. The predicted octanol–water partition coefficient (Wildman–Crippen LogP) is 3.30. The number of nitrogen functional groups attached to an aromatic ring is 1. The third kappa shape index (κ3) is 3.33. The molecule has 0 amide bonds. The average molecular weight is 276 g/mol. The van der Waals surface area contributed by atoms with Gasteiger partial charge < -0.3 is 10.8 Å². The number of anilines is 1. The van der Waals surface area contributed by atoms with Crippen molar-refractivity contribution in [3.05, 3.63) is 45.9 Å². The van der Waals surface area contributed by atoms with E-state index in [-0.39, 0.29) is 5.41 Å². The van der Waals surface area contributed by atoms with E-state index in [1.54, 1.807) is 17.4 Å². The van der Waals surface area contributed by atoms with Gasteiger partial charge in [-0.1, -0.05) is 39.0 Å². The molecule has 3 nitrogen and oxygen atoms in total. The molecule has 4 heteroatoms. The van der Waals surface area contributed by atoms with Crippen molar-refractivity contribution < 1.29 is 5.11 Å². The number of aliphatic hydroxyl groups excluding tert-OH is 1. The molecule has 0 bridgehead atoms. The first-order chi connectivity index (χ1) is 8.88. The number of nitrogens with two attached hydrogens (primary N) is 1. The van der Waals surface area contributed by atoms with E-state index in [0.29, 0.717) is 12.1 Å². The number of benzene rings is 1. The molecule has 0 aliphatic carbocycles. The van der Waals surface area contributed by atoms with Crippen molar-refractivity contribution in [1.82, 2.24) is 4.98 Å². The van der Waals surface area contributed by atoms with E-state index in [9.17, 15) is 5.11 Å². The molecule has 0 fully saturated rings. The topological polar surface area (TPSA) is 59.1 Å². The largest absolute Gasteiger partial charge is 0.398 e. The monoisotopic (exact) mass is 276 g/mol. The Morgan fingerprint density at radius 1 is 1.32 bits per heavy atom. The van der Waals surface area contributed by atoms with Crippen molar-refractivity contribution >= 4 is 17.0 Å². The van der Waals surface area contributed by atoms with E-state index in [1.165, 1.54) is 0 Å². The number of nitrogens with zero attached hydrogens (tertiary/aromatic N) is 1. The van der Waals surface area contributed by atoms with Gasteiger partial charge in [-0.05, 0) is 6.07 Å². The van der Waals surface area contributed by atoms with Gasteiger partial charge in [-0.3, -0.25) is 0 Å². The lowest BCUT2D eigenvalue weighted by Gasteiger charge is -2.15. The van der Waals surface area contributed by atoms with Crippen LogP contribution in [-0.4, -0.2) is 10.1 Å². The van der Waals surface area contributed by atoms with Gasteiger partial charge >= 0.3 is 0 Å². The summed E-state index contributed by atoms with van der Waals surface area (Å²) in [4.78, 5) is 4.59. The molecule has 0 aliphatic rings. The predicted molar refractivity (Wildman–Crippen MR) is 80.3 cm³/mol. The number of hydrogen-bond donors (Lipinski definition) is 2. The standard InChI is InChI=1S/C15H20N2OS/c1-15(2,3)13-9-19-14(17-13)8-12(18)10-6-4-5-7-11(10)16/h4-7,9,12,18H,8,16H2,1-3H3. The maximum atomic E-state index is 10.3. The number of aliphatic hydroxyl groups is 1. The van der Waals surface area contributed by atoms with Gasteiger partial charge in [0.2, 0.25) is 0 Å². The smallest absolute Gasteiger partial charge is 0.0957 e. The summed E-state index contributed by atoms with van der Waals surface area (Å²) in [5.41, 5.74) is 8.39. The Balaban J connectivity index is 2.14. The summed E-state index contributed by atoms with van der Waals surface area (Å²) in [5.74, 6) is 0. The molecule has 1 unspecified atom stereocenters. The molecule has 0 saturated heterocycles. The van der Waals surface area contributed by atoms with Crippen LogP contribution in [0.4, 0.5) is 5.69 Å². The quantitative estimate of drug-likeness (QED) is 0.846. The highest BCUT2D eigenvalue weighted by Crippen LogP contribution is 2.28. The van der Waals surface area contributed by atoms with Crippen molar-refractivity contribution in [2.24, 2.45) is 0 Å². The minimum absolute atomic E-state index is 0.0471. The van der Waals surface area contributed by atoms with Crippen LogP contribution in [0.3, 0.4) is 0 Å². The molecule has 1 aromatic carbocycles. The zero-order valence-corrected chi connectivity index (χ0v) is 12.4. The van der Waals surface area contributed by atoms with Crippen LogP contribution in [0.5, 0.6) is 0 Å². The Bertz CT molecular complexity index is 557. The third-order valence-electron chi connectivity index (χ3n) is 3.04. The molecular formula is C15H20N2OS. The molecule has 3 N–H and O–H groups in total. The zero-order chi connectivity index (χ0) is 14.0. The Kier molecular flexibility index (Phi) is 3.92. The van der Waals surface area contributed by atoms with Crippen LogP contribution in [0.25, 0.3) is 0 Å². The molecule has 0 saturated carbocycles. The molecule has 0 spiro atoms. The second-order valence-electron chi connectivity index (χ2n) is 5.73. The van der Waals surface area contributed by atoms with Gasteiger partial charge in [-0.15, -0.1) is 11.3 Å². The second kappa shape index (κ2) is 5.31. The lowest BCUT2D eigenvalue weighted by atomic mass is 9.93. The molecule has 2 rings (SSSR count). The van der Waals surface area contributed by atoms with E-state index in [0.717, 1.165) is 16.3 Å². The van der Waals surface area contributed by atoms with Crippen LogP contribution in [-0.2, 0) is 11.8 Å². The van der Waals surface area contributed by atoms with Crippen LogP contribution in [0.2, 0.25) is 0 Å². The van der Waals surface area contributed by atoms with Crippen molar-refractivity contribution in [3.63, 3.8) is 0 Å². The highest BCUT2D eigenvalue weighted by atomic mass is 32.1. The Labute approximate surface area is 118 Å². The van der Waals surface area contributed by atoms with E-state index in [2.05, 4.69) is 31.1 Å². The zero-order valence-electron chi connectivity index (χ0n) is 11.6. The molecule has 1 heterocycles. The molecule has 102 valence electrons. The summed E-state index contributed by atoms with van der Waals surface area (Å²) < 4.78 is 0. The molecule has 19 heavy (non-hydrogen) atoms. The molecule has 1 aromatic heterocycles.